The van der Waals surface area contributed by atoms with Crippen LogP contribution in [0.25, 0.3) is 0 Å². The Morgan fingerprint density at radius 1 is 1.18 bits per heavy atom. The SMILES string of the molecule is CCN(CC)CC(C)Nc1ccc(S(=O)(=O)N2CCCCCC2)cc1[N+](=O)[O-]. The number of hydrogen-bond donors (Lipinski definition) is 1. The summed E-state index contributed by atoms with van der Waals surface area (Å²) in [6.45, 7) is 9.59. The Bertz CT molecular complexity index is 757. The zero-order valence-corrected chi connectivity index (χ0v) is 17.9. The van der Waals surface area contributed by atoms with E-state index in [-0.39, 0.29) is 16.6 Å². The van der Waals surface area contributed by atoms with Gasteiger partial charge < -0.3 is 10.2 Å². The number of anilines is 1. The smallest absolute Gasteiger partial charge is 0.293 e. The highest BCUT2D eigenvalue weighted by Crippen LogP contribution is 2.30. The van der Waals surface area contributed by atoms with Crippen LogP contribution in [0.1, 0.15) is 46.5 Å². The molecule has 1 heterocycles. The van der Waals surface area contributed by atoms with Crippen LogP contribution in [0.15, 0.2) is 23.1 Å². The van der Waals surface area contributed by atoms with E-state index in [1.165, 1.54) is 22.5 Å². The summed E-state index contributed by atoms with van der Waals surface area (Å²) in [4.78, 5) is 13.3. The highest BCUT2D eigenvalue weighted by molar-refractivity contribution is 7.89. The van der Waals surface area contributed by atoms with Crippen molar-refractivity contribution in [2.75, 3.05) is 38.0 Å². The molecule has 0 spiro atoms. The largest absolute Gasteiger partial charge is 0.376 e. The first-order valence-corrected chi connectivity index (χ1v) is 11.5. The van der Waals surface area contributed by atoms with Crippen molar-refractivity contribution in [2.24, 2.45) is 0 Å². The molecule has 0 radical (unpaired) electrons. The fourth-order valence-electron chi connectivity index (χ4n) is 3.56. The number of nitro groups is 1. The minimum Gasteiger partial charge on any atom is -0.376 e. The van der Waals surface area contributed by atoms with Gasteiger partial charge in [0.25, 0.3) is 5.69 Å². The molecule has 0 aliphatic carbocycles. The molecule has 1 aromatic rings. The third-order valence-corrected chi connectivity index (χ3v) is 7.09. The number of nitro benzene ring substituents is 1. The van der Waals surface area contributed by atoms with Crippen molar-refractivity contribution < 1.29 is 13.3 Å². The minimum absolute atomic E-state index is 0.00772. The second-order valence-corrected chi connectivity index (χ2v) is 9.22. The summed E-state index contributed by atoms with van der Waals surface area (Å²) in [6.07, 6.45) is 3.67. The maximum absolute atomic E-state index is 12.9. The molecular formula is C19H32N4O4S. The van der Waals surface area contributed by atoms with Crippen molar-refractivity contribution in [1.82, 2.24) is 9.21 Å². The summed E-state index contributed by atoms with van der Waals surface area (Å²) >= 11 is 0. The second kappa shape index (κ2) is 10.2. The number of hydrogen-bond acceptors (Lipinski definition) is 6. The standard InChI is InChI=1S/C19H32N4O4S/c1-4-21(5-2)15-16(3)20-18-11-10-17(14-19(18)23(24)25)28(26,27)22-12-8-6-7-9-13-22/h10-11,14,16,20H,4-9,12-13,15H2,1-3H3. The monoisotopic (exact) mass is 412 g/mol. The van der Waals surface area contributed by atoms with E-state index in [1.807, 2.05) is 6.92 Å². The van der Waals surface area contributed by atoms with Gasteiger partial charge in [-0.05, 0) is 45.0 Å². The summed E-state index contributed by atoms with van der Waals surface area (Å²) in [5.74, 6) is 0. The predicted octanol–water partition coefficient (Wildman–Crippen LogP) is 3.30. The molecular weight excluding hydrogens is 380 g/mol. The van der Waals surface area contributed by atoms with Crippen LogP contribution in [0.4, 0.5) is 11.4 Å². The van der Waals surface area contributed by atoms with E-state index in [2.05, 4.69) is 24.1 Å². The van der Waals surface area contributed by atoms with Gasteiger partial charge in [0.2, 0.25) is 10.0 Å². The molecule has 1 aliphatic heterocycles. The van der Waals surface area contributed by atoms with Crippen LogP contribution in [0, 0.1) is 10.1 Å². The van der Waals surface area contributed by atoms with Crippen molar-refractivity contribution >= 4 is 21.4 Å². The lowest BCUT2D eigenvalue weighted by Crippen LogP contribution is -2.35. The van der Waals surface area contributed by atoms with Crippen LogP contribution in [-0.4, -0.2) is 61.3 Å². The Kier molecular flexibility index (Phi) is 8.21. The van der Waals surface area contributed by atoms with E-state index in [9.17, 15) is 18.5 Å². The molecule has 8 nitrogen and oxygen atoms in total. The zero-order valence-electron chi connectivity index (χ0n) is 17.1. The Hall–Kier alpha value is -1.71. The van der Waals surface area contributed by atoms with E-state index in [4.69, 9.17) is 0 Å². The van der Waals surface area contributed by atoms with E-state index in [0.29, 0.717) is 18.8 Å². The number of rotatable bonds is 9. The summed E-state index contributed by atoms with van der Waals surface area (Å²) in [5.41, 5.74) is 0.141. The number of nitrogens with zero attached hydrogens (tertiary/aromatic N) is 3. The van der Waals surface area contributed by atoms with Gasteiger partial charge in [0, 0.05) is 31.7 Å². The molecule has 1 aromatic carbocycles. The number of nitrogens with one attached hydrogen (secondary N) is 1. The molecule has 0 bridgehead atoms. The third kappa shape index (κ3) is 5.65. The third-order valence-electron chi connectivity index (χ3n) is 5.20. The van der Waals surface area contributed by atoms with E-state index < -0.39 is 14.9 Å². The number of benzene rings is 1. The lowest BCUT2D eigenvalue weighted by molar-refractivity contribution is -0.384. The van der Waals surface area contributed by atoms with E-state index in [0.717, 1.165) is 45.3 Å². The van der Waals surface area contributed by atoms with Crippen LogP contribution >= 0.6 is 0 Å². The maximum Gasteiger partial charge on any atom is 0.293 e. The van der Waals surface area contributed by atoms with Crippen molar-refractivity contribution in [1.29, 1.82) is 0 Å². The average molecular weight is 413 g/mol. The first-order chi connectivity index (χ1) is 13.3. The predicted molar refractivity (Wildman–Crippen MR) is 111 cm³/mol. The van der Waals surface area contributed by atoms with Crippen molar-refractivity contribution in [2.45, 2.75) is 57.4 Å². The lowest BCUT2D eigenvalue weighted by atomic mass is 10.2. The highest BCUT2D eigenvalue weighted by atomic mass is 32.2. The summed E-state index contributed by atoms with van der Waals surface area (Å²) in [7, 11) is -3.72. The molecule has 0 amide bonds. The van der Waals surface area contributed by atoms with E-state index >= 15 is 0 Å². The van der Waals surface area contributed by atoms with Gasteiger partial charge in [-0.1, -0.05) is 26.7 Å². The van der Waals surface area contributed by atoms with Gasteiger partial charge in [0.05, 0.1) is 9.82 Å². The second-order valence-electron chi connectivity index (χ2n) is 7.29. The van der Waals surface area contributed by atoms with Gasteiger partial charge in [0.15, 0.2) is 0 Å². The van der Waals surface area contributed by atoms with Crippen LogP contribution in [-0.2, 0) is 10.0 Å². The zero-order chi connectivity index (χ0) is 20.7. The topological polar surface area (TPSA) is 95.8 Å². The van der Waals surface area contributed by atoms with Gasteiger partial charge >= 0.3 is 0 Å². The fraction of sp³-hybridized carbons (Fsp3) is 0.684. The molecule has 1 unspecified atom stereocenters. The van der Waals surface area contributed by atoms with Crippen molar-refractivity contribution in [3.05, 3.63) is 28.3 Å². The Morgan fingerprint density at radius 3 is 2.32 bits per heavy atom. The van der Waals surface area contributed by atoms with Gasteiger partial charge in [-0.15, -0.1) is 0 Å². The quantitative estimate of drug-likeness (QED) is 0.494. The molecule has 158 valence electrons. The Balaban J connectivity index is 2.25. The summed E-state index contributed by atoms with van der Waals surface area (Å²) in [5, 5.41) is 14.8. The molecule has 1 saturated heterocycles. The average Bonchev–Trinajstić information content (AvgIpc) is 2.96. The molecule has 1 fully saturated rings. The summed E-state index contributed by atoms with van der Waals surface area (Å²) < 4.78 is 27.3. The van der Waals surface area contributed by atoms with E-state index in [1.54, 1.807) is 0 Å². The van der Waals surface area contributed by atoms with Crippen LogP contribution in [0.5, 0.6) is 0 Å². The summed E-state index contributed by atoms with van der Waals surface area (Å²) in [6, 6.07) is 4.17. The van der Waals surface area contributed by atoms with Crippen LogP contribution in [0.3, 0.4) is 0 Å². The molecule has 28 heavy (non-hydrogen) atoms. The van der Waals surface area contributed by atoms with Crippen molar-refractivity contribution in [3.63, 3.8) is 0 Å². The molecule has 9 heteroatoms. The molecule has 1 N–H and O–H groups in total. The molecule has 1 atom stereocenters. The number of likely N-dealkylation sites (N-methyl/N-ethyl adjacent to an activating group) is 1. The maximum atomic E-state index is 12.9. The van der Waals surface area contributed by atoms with Gasteiger partial charge in [0.1, 0.15) is 5.69 Å². The van der Waals surface area contributed by atoms with Crippen molar-refractivity contribution in [3.8, 4) is 0 Å². The first-order valence-electron chi connectivity index (χ1n) is 10.1. The highest BCUT2D eigenvalue weighted by Gasteiger charge is 2.28. The van der Waals surface area contributed by atoms with Crippen LogP contribution in [0.2, 0.25) is 0 Å². The molecule has 0 aromatic heterocycles. The fourth-order valence-corrected chi connectivity index (χ4v) is 5.09. The number of sulfonamides is 1. The minimum atomic E-state index is -3.72. The first kappa shape index (κ1) is 22.6. The molecule has 0 saturated carbocycles. The van der Waals surface area contributed by atoms with Gasteiger partial charge in [-0.2, -0.15) is 4.31 Å². The van der Waals surface area contributed by atoms with Gasteiger partial charge in [-0.25, -0.2) is 8.42 Å². The molecule has 2 rings (SSSR count). The molecule has 1 aliphatic rings. The normalized spacial score (nSPS) is 17.3. The Morgan fingerprint density at radius 2 is 1.79 bits per heavy atom. The van der Waals surface area contributed by atoms with Gasteiger partial charge in [-0.3, -0.25) is 10.1 Å². The Labute approximate surface area is 168 Å². The van der Waals surface area contributed by atoms with Crippen LogP contribution < -0.4 is 5.32 Å². The lowest BCUT2D eigenvalue weighted by Gasteiger charge is -2.24.